The zero-order chi connectivity index (χ0) is 14.6. The van der Waals surface area contributed by atoms with Gasteiger partial charge in [0.25, 0.3) is 0 Å². The number of sulfone groups is 1. The second-order valence-corrected chi connectivity index (χ2v) is 8.48. The summed E-state index contributed by atoms with van der Waals surface area (Å²) in [6, 6.07) is 3.90. The normalized spacial score (nSPS) is 20.9. The molecule has 0 N–H and O–H groups in total. The number of hydrogen-bond acceptors (Lipinski definition) is 4. The Hall–Kier alpha value is -0.880. The minimum atomic E-state index is -2.94. The van der Waals surface area contributed by atoms with E-state index in [9.17, 15) is 13.2 Å². The first-order valence-corrected chi connectivity index (χ1v) is 9.74. The second-order valence-electron chi connectivity index (χ2n) is 5.22. The van der Waals surface area contributed by atoms with Gasteiger partial charge >= 0.3 is 0 Å². The first kappa shape index (κ1) is 15.5. The molecule has 0 bridgehead atoms. The maximum Gasteiger partial charge on any atom is 0.223 e. The van der Waals surface area contributed by atoms with E-state index in [4.69, 9.17) is 0 Å². The van der Waals surface area contributed by atoms with Gasteiger partial charge in [-0.2, -0.15) is 0 Å². The van der Waals surface area contributed by atoms with Gasteiger partial charge in [-0.05, 0) is 30.7 Å². The van der Waals surface area contributed by atoms with Gasteiger partial charge in [-0.15, -0.1) is 11.3 Å². The molecule has 0 saturated carbocycles. The number of amides is 1. The zero-order valence-electron chi connectivity index (χ0n) is 11.7. The van der Waals surface area contributed by atoms with Gasteiger partial charge < -0.3 is 4.90 Å². The third kappa shape index (κ3) is 4.06. The van der Waals surface area contributed by atoms with Crippen LogP contribution in [0.2, 0.25) is 0 Å². The summed E-state index contributed by atoms with van der Waals surface area (Å²) in [5.41, 5.74) is 0. The molecule has 1 aromatic heterocycles. The summed E-state index contributed by atoms with van der Waals surface area (Å²) in [6.07, 6.45) is 2.67. The SMILES string of the molecule is CCCN(C(=O)CCc1cccs1)C1CCS(=O)(=O)C1. The summed E-state index contributed by atoms with van der Waals surface area (Å²) < 4.78 is 23.2. The molecule has 1 aromatic rings. The highest BCUT2D eigenvalue weighted by Gasteiger charge is 2.33. The Labute approximate surface area is 124 Å². The van der Waals surface area contributed by atoms with Gasteiger partial charge in [-0.1, -0.05) is 13.0 Å². The topological polar surface area (TPSA) is 54.5 Å². The zero-order valence-corrected chi connectivity index (χ0v) is 13.4. The van der Waals surface area contributed by atoms with E-state index < -0.39 is 9.84 Å². The van der Waals surface area contributed by atoms with Crippen LogP contribution in [0, 0.1) is 0 Å². The fourth-order valence-electron chi connectivity index (χ4n) is 2.60. The number of aryl methyl sites for hydroxylation is 1. The van der Waals surface area contributed by atoms with E-state index in [0.29, 0.717) is 19.4 Å². The lowest BCUT2D eigenvalue weighted by atomic mass is 10.1. The first-order valence-electron chi connectivity index (χ1n) is 7.04. The highest BCUT2D eigenvalue weighted by molar-refractivity contribution is 7.91. The van der Waals surface area contributed by atoms with E-state index in [2.05, 4.69) is 0 Å². The number of hydrogen-bond donors (Lipinski definition) is 0. The van der Waals surface area contributed by atoms with Crippen molar-refractivity contribution in [2.45, 2.75) is 38.6 Å². The standard InChI is InChI=1S/C14H21NO3S2/c1-2-8-15(12-7-10-20(17,18)11-12)14(16)6-5-13-4-3-9-19-13/h3-4,9,12H,2,5-8,10-11H2,1H3. The van der Waals surface area contributed by atoms with Crippen molar-refractivity contribution < 1.29 is 13.2 Å². The third-order valence-corrected chi connectivity index (χ3v) is 6.29. The monoisotopic (exact) mass is 315 g/mol. The van der Waals surface area contributed by atoms with Crippen molar-refractivity contribution in [1.29, 1.82) is 0 Å². The molecule has 0 radical (unpaired) electrons. The van der Waals surface area contributed by atoms with Gasteiger partial charge in [0.15, 0.2) is 9.84 Å². The summed E-state index contributed by atoms with van der Waals surface area (Å²) in [7, 11) is -2.94. The summed E-state index contributed by atoms with van der Waals surface area (Å²) in [5, 5.41) is 2.01. The quantitative estimate of drug-likeness (QED) is 0.808. The largest absolute Gasteiger partial charge is 0.339 e. The van der Waals surface area contributed by atoms with Crippen molar-refractivity contribution in [2.75, 3.05) is 18.1 Å². The van der Waals surface area contributed by atoms with Crippen LogP contribution in [0.15, 0.2) is 17.5 Å². The predicted octanol–water partition coefficient (Wildman–Crippen LogP) is 2.11. The molecule has 1 amide bonds. The first-order chi connectivity index (χ1) is 9.52. The Morgan fingerprint density at radius 1 is 1.50 bits per heavy atom. The van der Waals surface area contributed by atoms with E-state index in [1.165, 1.54) is 4.88 Å². The molecule has 20 heavy (non-hydrogen) atoms. The van der Waals surface area contributed by atoms with Crippen LogP contribution in [0.25, 0.3) is 0 Å². The van der Waals surface area contributed by atoms with E-state index in [0.717, 1.165) is 12.8 Å². The molecule has 2 rings (SSSR count). The highest BCUT2D eigenvalue weighted by Crippen LogP contribution is 2.20. The molecule has 1 atom stereocenters. The molecule has 1 aliphatic heterocycles. The Morgan fingerprint density at radius 2 is 2.30 bits per heavy atom. The molecule has 1 fully saturated rings. The fourth-order valence-corrected chi connectivity index (χ4v) is 5.04. The summed E-state index contributed by atoms with van der Waals surface area (Å²) in [6.45, 7) is 2.67. The summed E-state index contributed by atoms with van der Waals surface area (Å²) >= 11 is 1.66. The van der Waals surface area contributed by atoms with Gasteiger partial charge in [0.05, 0.1) is 11.5 Å². The second kappa shape index (κ2) is 6.72. The fraction of sp³-hybridized carbons (Fsp3) is 0.643. The molecule has 1 unspecified atom stereocenters. The minimum Gasteiger partial charge on any atom is -0.339 e. The van der Waals surface area contributed by atoms with Crippen molar-refractivity contribution in [3.63, 3.8) is 0 Å². The van der Waals surface area contributed by atoms with Gasteiger partial charge in [0.2, 0.25) is 5.91 Å². The van der Waals surface area contributed by atoms with Crippen LogP contribution in [0.5, 0.6) is 0 Å². The maximum atomic E-state index is 12.4. The molecule has 112 valence electrons. The van der Waals surface area contributed by atoms with Crippen LogP contribution in [0.1, 0.15) is 31.1 Å². The Kier molecular flexibility index (Phi) is 5.21. The van der Waals surface area contributed by atoms with Gasteiger partial charge in [-0.3, -0.25) is 4.79 Å². The van der Waals surface area contributed by atoms with E-state index >= 15 is 0 Å². The number of carbonyl (C=O) groups is 1. The molecule has 0 aromatic carbocycles. The van der Waals surface area contributed by atoms with Crippen LogP contribution >= 0.6 is 11.3 Å². The van der Waals surface area contributed by atoms with Crippen molar-refractivity contribution in [3.05, 3.63) is 22.4 Å². The molecule has 1 aliphatic rings. The lowest BCUT2D eigenvalue weighted by Gasteiger charge is -2.28. The Balaban J connectivity index is 1.95. The molecule has 0 aliphatic carbocycles. The molecular formula is C14H21NO3S2. The number of nitrogens with zero attached hydrogens (tertiary/aromatic N) is 1. The molecule has 2 heterocycles. The maximum absolute atomic E-state index is 12.4. The molecule has 6 heteroatoms. The Morgan fingerprint density at radius 3 is 2.85 bits per heavy atom. The van der Waals surface area contributed by atoms with Crippen LogP contribution in [-0.2, 0) is 21.1 Å². The number of thiophene rings is 1. The Bertz CT molecular complexity index is 537. The minimum absolute atomic E-state index is 0.0855. The molecule has 0 spiro atoms. The van der Waals surface area contributed by atoms with Crippen molar-refractivity contribution >= 4 is 27.1 Å². The lowest BCUT2D eigenvalue weighted by molar-refractivity contribution is -0.133. The third-order valence-electron chi connectivity index (χ3n) is 3.60. The van der Waals surface area contributed by atoms with E-state index in [1.807, 2.05) is 24.4 Å². The summed E-state index contributed by atoms with van der Waals surface area (Å²) in [4.78, 5) is 15.4. The predicted molar refractivity (Wildman–Crippen MR) is 81.7 cm³/mol. The number of rotatable bonds is 6. The molecule has 4 nitrogen and oxygen atoms in total. The highest BCUT2D eigenvalue weighted by atomic mass is 32.2. The van der Waals surface area contributed by atoms with Crippen LogP contribution in [-0.4, -0.2) is 43.3 Å². The van der Waals surface area contributed by atoms with Crippen molar-refractivity contribution in [3.8, 4) is 0 Å². The van der Waals surface area contributed by atoms with Crippen LogP contribution in [0.3, 0.4) is 0 Å². The van der Waals surface area contributed by atoms with Crippen molar-refractivity contribution in [1.82, 2.24) is 4.90 Å². The van der Waals surface area contributed by atoms with E-state index in [1.54, 1.807) is 16.2 Å². The lowest BCUT2D eigenvalue weighted by Crippen LogP contribution is -2.41. The van der Waals surface area contributed by atoms with Crippen LogP contribution in [0.4, 0.5) is 0 Å². The van der Waals surface area contributed by atoms with Gasteiger partial charge in [0, 0.05) is 23.9 Å². The van der Waals surface area contributed by atoms with Crippen molar-refractivity contribution in [2.24, 2.45) is 0 Å². The van der Waals surface area contributed by atoms with Crippen LogP contribution < -0.4 is 0 Å². The molecular weight excluding hydrogens is 294 g/mol. The average molecular weight is 315 g/mol. The smallest absolute Gasteiger partial charge is 0.223 e. The van der Waals surface area contributed by atoms with Gasteiger partial charge in [-0.25, -0.2) is 8.42 Å². The van der Waals surface area contributed by atoms with E-state index in [-0.39, 0.29) is 23.5 Å². The molecule has 1 saturated heterocycles. The van der Waals surface area contributed by atoms with Gasteiger partial charge in [0.1, 0.15) is 0 Å². The average Bonchev–Trinajstić information content (AvgIpc) is 3.02. The number of carbonyl (C=O) groups excluding carboxylic acids is 1. The summed E-state index contributed by atoms with van der Waals surface area (Å²) in [5.74, 6) is 0.440.